The second-order valence-corrected chi connectivity index (χ2v) is 5.19. The van der Waals surface area contributed by atoms with Crippen LogP contribution in [0.4, 0.5) is 0 Å². The first kappa shape index (κ1) is 16.4. The van der Waals surface area contributed by atoms with Gasteiger partial charge in [-0.05, 0) is 19.3 Å². The van der Waals surface area contributed by atoms with Crippen LogP contribution in [-0.2, 0) is 14.3 Å². The number of methoxy groups -OCH3 is 2. The normalized spacial score (nSPS) is 24.8. The third-order valence-corrected chi connectivity index (χ3v) is 4.49. The van der Waals surface area contributed by atoms with Crippen molar-refractivity contribution in [2.24, 2.45) is 5.41 Å². The maximum Gasteiger partial charge on any atom is 0.234 e. The summed E-state index contributed by atoms with van der Waals surface area (Å²) in [6, 6.07) is 0.240. The molecule has 5 heteroatoms. The first-order valence-corrected chi connectivity index (χ1v) is 7.16. The number of carbonyl (C=O) groups is 1. The summed E-state index contributed by atoms with van der Waals surface area (Å²) in [6.07, 6.45) is 3.25. The van der Waals surface area contributed by atoms with E-state index in [1.165, 1.54) is 0 Å². The van der Waals surface area contributed by atoms with Gasteiger partial charge in [-0.3, -0.25) is 4.79 Å². The van der Waals surface area contributed by atoms with Gasteiger partial charge in [-0.25, -0.2) is 0 Å². The molecule has 0 radical (unpaired) electrons. The fraction of sp³-hybridized carbons (Fsp3) is 0.929. The highest BCUT2D eigenvalue weighted by molar-refractivity contribution is 5.78. The van der Waals surface area contributed by atoms with E-state index in [4.69, 9.17) is 9.47 Å². The molecule has 1 aliphatic carbocycles. The van der Waals surface area contributed by atoms with E-state index in [1.54, 1.807) is 14.2 Å². The Morgan fingerprint density at radius 1 is 1.32 bits per heavy atom. The molecule has 0 aromatic heterocycles. The van der Waals surface area contributed by atoms with E-state index in [0.29, 0.717) is 19.7 Å². The lowest BCUT2D eigenvalue weighted by Crippen LogP contribution is -2.64. The van der Waals surface area contributed by atoms with Crippen molar-refractivity contribution in [1.29, 1.82) is 0 Å². The summed E-state index contributed by atoms with van der Waals surface area (Å²) in [7, 11) is 3.41. The monoisotopic (exact) mass is 272 g/mol. The van der Waals surface area contributed by atoms with Crippen LogP contribution in [0.25, 0.3) is 0 Å². The number of nitrogens with one attached hydrogen (secondary N) is 2. The van der Waals surface area contributed by atoms with Crippen LogP contribution in [0.3, 0.4) is 0 Å². The largest absolute Gasteiger partial charge is 0.383 e. The second-order valence-electron chi connectivity index (χ2n) is 5.19. The molecule has 2 unspecified atom stereocenters. The van der Waals surface area contributed by atoms with Gasteiger partial charge in [0.05, 0.1) is 19.3 Å². The summed E-state index contributed by atoms with van der Waals surface area (Å²) in [6.45, 7) is 6.01. The van der Waals surface area contributed by atoms with Crippen LogP contribution in [0.15, 0.2) is 0 Å². The Morgan fingerprint density at radius 3 is 2.53 bits per heavy atom. The average molecular weight is 272 g/mol. The molecule has 112 valence electrons. The quantitative estimate of drug-likeness (QED) is 0.613. The molecule has 0 bridgehead atoms. The van der Waals surface area contributed by atoms with Gasteiger partial charge in [0.25, 0.3) is 0 Å². The van der Waals surface area contributed by atoms with Gasteiger partial charge in [0.2, 0.25) is 5.91 Å². The lowest BCUT2D eigenvalue weighted by Gasteiger charge is -2.55. The van der Waals surface area contributed by atoms with Gasteiger partial charge >= 0.3 is 0 Å². The molecular weight excluding hydrogens is 244 g/mol. The molecule has 0 saturated heterocycles. The lowest BCUT2D eigenvalue weighted by molar-refractivity contribution is -0.140. The molecule has 2 atom stereocenters. The highest BCUT2D eigenvalue weighted by Gasteiger charge is 2.53. The Balaban J connectivity index is 2.38. The van der Waals surface area contributed by atoms with E-state index in [9.17, 15) is 4.79 Å². The molecule has 0 spiro atoms. The fourth-order valence-corrected chi connectivity index (χ4v) is 3.10. The molecule has 5 nitrogen and oxygen atoms in total. The van der Waals surface area contributed by atoms with Crippen LogP contribution >= 0.6 is 0 Å². The molecule has 1 rings (SSSR count). The Bertz CT molecular complexity index is 280. The topological polar surface area (TPSA) is 59.6 Å². The minimum absolute atomic E-state index is 0.0573. The SMILES string of the molecule is CCC1(CC)C(NC(=O)CNCCOC)CC1OC. The number of ether oxygens (including phenoxy) is 2. The van der Waals surface area contributed by atoms with Crippen molar-refractivity contribution >= 4 is 5.91 Å². The van der Waals surface area contributed by atoms with Crippen LogP contribution in [0.1, 0.15) is 33.1 Å². The average Bonchev–Trinajstić information content (AvgIpc) is 2.41. The zero-order valence-electron chi connectivity index (χ0n) is 12.6. The summed E-state index contributed by atoms with van der Waals surface area (Å²) < 4.78 is 10.4. The van der Waals surface area contributed by atoms with Crippen LogP contribution in [0.5, 0.6) is 0 Å². The number of rotatable bonds is 9. The zero-order chi connectivity index (χ0) is 14.3. The number of hydrogen-bond acceptors (Lipinski definition) is 4. The summed E-state index contributed by atoms with van der Waals surface area (Å²) in [5.74, 6) is 0.0573. The predicted molar refractivity (Wildman–Crippen MR) is 75.1 cm³/mol. The van der Waals surface area contributed by atoms with Gasteiger partial charge in [0, 0.05) is 32.2 Å². The molecule has 1 saturated carbocycles. The van der Waals surface area contributed by atoms with Crippen molar-refractivity contribution in [3.05, 3.63) is 0 Å². The molecule has 1 amide bonds. The smallest absolute Gasteiger partial charge is 0.234 e. The Labute approximate surface area is 116 Å². The van der Waals surface area contributed by atoms with Gasteiger partial charge in [-0.15, -0.1) is 0 Å². The van der Waals surface area contributed by atoms with Gasteiger partial charge < -0.3 is 20.1 Å². The van der Waals surface area contributed by atoms with Crippen LogP contribution < -0.4 is 10.6 Å². The van der Waals surface area contributed by atoms with Crippen molar-refractivity contribution in [1.82, 2.24) is 10.6 Å². The van der Waals surface area contributed by atoms with Crippen LogP contribution in [0, 0.1) is 5.41 Å². The number of carbonyl (C=O) groups excluding carboxylic acids is 1. The van der Waals surface area contributed by atoms with Crippen molar-refractivity contribution in [3.8, 4) is 0 Å². The lowest BCUT2D eigenvalue weighted by atomic mass is 9.58. The first-order valence-electron chi connectivity index (χ1n) is 7.16. The molecule has 0 heterocycles. The van der Waals surface area contributed by atoms with Crippen molar-refractivity contribution in [2.75, 3.05) is 33.9 Å². The minimum Gasteiger partial charge on any atom is -0.383 e. The molecule has 0 aliphatic heterocycles. The minimum atomic E-state index is 0.0573. The molecule has 1 aliphatic rings. The summed E-state index contributed by atoms with van der Waals surface area (Å²) >= 11 is 0. The maximum atomic E-state index is 11.9. The van der Waals surface area contributed by atoms with Crippen LogP contribution in [0.2, 0.25) is 0 Å². The van der Waals surface area contributed by atoms with E-state index >= 15 is 0 Å². The van der Waals surface area contributed by atoms with E-state index in [0.717, 1.165) is 19.3 Å². The predicted octanol–water partition coefficient (Wildman–Crippen LogP) is 0.932. The maximum absolute atomic E-state index is 11.9. The molecule has 0 aromatic rings. The fourth-order valence-electron chi connectivity index (χ4n) is 3.10. The van der Waals surface area contributed by atoms with Gasteiger partial charge in [-0.2, -0.15) is 0 Å². The van der Waals surface area contributed by atoms with Crippen molar-refractivity contribution in [2.45, 2.75) is 45.3 Å². The summed E-state index contributed by atoms with van der Waals surface area (Å²) in [4.78, 5) is 11.9. The standard InChI is InChI=1S/C14H28N2O3/c1-5-14(6-2)11(9-12(14)19-4)16-13(17)10-15-7-8-18-3/h11-12,15H,5-10H2,1-4H3,(H,16,17). The van der Waals surface area contributed by atoms with Crippen molar-refractivity contribution in [3.63, 3.8) is 0 Å². The zero-order valence-corrected chi connectivity index (χ0v) is 12.6. The van der Waals surface area contributed by atoms with E-state index in [1.807, 2.05) is 0 Å². The first-order chi connectivity index (χ1) is 9.14. The second kappa shape index (κ2) is 7.82. The molecule has 1 fully saturated rings. The van der Waals surface area contributed by atoms with Gasteiger partial charge in [0.15, 0.2) is 0 Å². The molecule has 2 N–H and O–H groups in total. The number of hydrogen-bond donors (Lipinski definition) is 2. The van der Waals surface area contributed by atoms with E-state index < -0.39 is 0 Å². The Kier molecular flexibility index (Phi) is 6.75. The highest BCUT2D eigenvalue weighted by Crippen LogP contribution is 2.48. The molecule has 19 heavy (non-hydrogen) atoms. The molecular formula is C14H28N2O3. The van der Waals surface area contributed by atoms with Gasteiger partial charge in [-0.1, -0.05) is 13.8 Å². The van der Waals surface area contributed by atoms with E-state index in [2.05, 4.69) is 24.5 Å². The third-order valence-electron chi connectivity index (χ3n) is 4.49. The highest BCUT2D eigenvalue weighted by atomic mass is 16.5. The Hall–Kier alpha value is -0.650. The van der Waals surface area contributed by atoms with Crippen LogP contribution in [-0.4, -0.2) is 52.0 Å². The summed E-state index contributed by atoms with van der Waals surface area (Å²) in [5, 5.41) is 6.19. The molecule has 0 aromatic carbocycles. The number of amides is 1. The van der Waals surface area contributed by atoms with Crippen molar-refractivity contribution < 1.29 is 14.3 Å². The third kappa shape index (κ3) is 3.68. The summed E-state index contributed by atoms with van der Waals surface area (Å²) in [5.41, 5.74) is 0.108. The Morgan fingerprint density at radius 2 is 2.00 bits per heavy atom. The van der Waals surface area contributed by atoms with E-state index in [-0.39, 0.29) is 23.5 Å². The van der Waals surface area contributed by atoms with Gasteiger partial charge in [0.1, 0.15) is 0 Å².